The number of hydrogen-bond donors (Lipinski definition) is 1. The third-order valence-corrected chi connectivity index (χ3v) is 3.86. The van der Waals surface area contributed by atoms with E-state index in [9.17, 15) is 0 Å². The van der Waals surface area contributed by atoms with E-state index in [0.29, 0.717) is 0 Å². The second kappa shape index (κ2) is 6.02. The topological polar surface area (TPSA) is 63.6 Å². The number of fused-ring (bicyclic) bond motifs is 1. The van der Waals surface area contributed by atoms with Crippen molar-refractivity contribution in [1.82, 2.24) is 25.5 Å². The standard InChI is InChI=1S/C14H15N5S/c1-2-6-15-9-12-18-19-14(20-12)10-4-3-5-11-13(10)17-8-7-16-11/h3-5,7-8,15H,2,6,9H2,1H3. The number of nitrogens with zero attached hydrogens (tertiary/aromatic N) is 4. The average molecular weight is 285 g/mol. The van der Waals surface area contributed by atoms with E-state index in [4.69, 9.17) is 0 Å². The number of rotatable bonds is 5. The summed E-state index contributed by atoms with van der Waals surface area (Å²) in [6.07, 6.45) is 4.52. The number of para-hydroxylation sites is 1. The Kier molecular flexibility index (Phi) is 3.94. The minimum Gasteiger partial charge on any atom is -0.310 e. The molecule has 2 aromatic heterocycles. The minimum atomic E-state index is 0.766. The van der Waals surface area contributed by atoms with Crippen LogP contribution in [0.2, 0.25) is 0 Å². The van der Waals surface area contributed by atoms with Gasteiger partial charge in [-0.3, -0.25) is 9.97 Å². The van der Waals surface area contributed by atoms with Gasteiger partial charge >= 0.3 is 0 Å². The SMILES string of the molecule is CCCNCc1nnc(-c2cccc3nccnc23)s1. The highest BCUT2D eigenvalue weighted by atomic mass is 32.1. The Hall–Kier alpha value is -1.92. The fourth-order valence-electron chi connectivity index (χ4n) is 1.97. The van der Waals surface area contributed by atoms with E-state index in [1.54, 1.807) is 23.7 Å². The van der Waals surface area contributed by atoms with Crippen LogP contribution >= 0.6 is 11.3 Å². The van der Waals surface area contributed by atoms with Gasteiger partial charge in [0, 0.05) is 24.5 Å². The number of benzene rings is 1. The van der Waals surface area contributed by atoms with Gasteiger partial charge in [0.25, 0.3) is 0 Å². The molecule has 1 N–H and O–H groups in total. The molecule has 0 aliphatic rings. The Morgan fingerprint density at radius 3 is 2.95 bits per heavy atom. The first kappa shape index (κ1) is 13.1. The lowest BCUT2D eigenvalue weighted by Gasteiger charge is -2.00. The van der Waals surface area contributed by atoms with Crippen molar-refractivity contribution in [2.24, 2.45) is 0 Å². The molecule has 3 aromatic rings. The highest BCUT2D eigenvalue weighted by Gasteiger charge is 2.10. The van der Waals surface area contributed by atoms with Gasteiger partial charge in [-0.1, -0.05) is 24.3 Å². The maximum Gasteiger partial charge on any atom is 0.150 e. The molecule has 6 heteroatoms. The zero-order valence-corrected chi connectivity index (χ0v) is 12.0. The van der Waals surface area contributed by atoms with Crippen LogP contribution in [0.1, 0.15) is 18.4 Å². The van der Waals surface area contributed by atoms with E-state index in [1.807, 2.05) is 18.2 Å². The quantitative estimate of drug-likeness (QED) is 0.730. The summed E-state index contributed by atoms with van der Waals surface area (Å²) in [7, 11) is 0. The molecule has 5 nitrogen and oxygen atoms in total. The van der Waals surface area contributed by atoms with Crippen LogP contribution in [0.15, 0.2) is 30.6 Å². The van der Waals surface area contributed by atoms with Crippen LogP contribution in [0.25, 0.3) is 21.6 Å². The van der Waals surface area contributed by atoms with Crippen LogP contribution in [0.5, 0.6) is 0 Å². The van der Waals surface area contributed by atoms with Gasteiger partial charge in [0.2, 0.25) is 0 Å². The molecule has 0 fully saturated rings. The van der Waals surface area contributed by atoms with Crippen LogP contribution < -0.4 is 5.32 Å². The van der Waals surface area contributed by atoms with E-state index < -0.39 is 0 Å². The summed E-state index contributed by atoms with van der Waals surface area (Å²) in [5, 5.41) is 13.7. The molecule has 0 spiro atoms. The van der Waals surface area contributed by atoms with Crippen LogP contribution in [0.3, 0.4) is 0 Å². The molecule has 0 aliphatic carbocycles. The maximum absolute atomic E-state index is 4.40. The van der Waals surface area contributed by atoms with Crippen molar-refractivity contribution in [2.75, 3.05) is 6.54 Å². The Morgan fingerprint density at radius 1 is 1.15 bits per heavy atom. The molecule has 1 aromatic carbocycles. The van der Waals surface area contributed by atoms with Gasteiger partial charge in [0.15, 0.2) is 0 Å². The predicted octanol–water partition coefficient (Wildman–Crippen LogP) is 2.65. The molecule has 0 bridgehead atoms. The largest absolute Gasteiger partial charge is 0.310 e. The summed E-state index contributed by atoms with van der Waals surface area (Å²) in [6, 6.07) is 5.94. The van der Waals surface area contributed by atoms with Crippen LogP contribution in [0.4, 0.5) is 0 Å². The minimum absolute atomic E-state index is 0.766. The van der Waals surface area contributed by atoms with Gasteiger partial charge in [-0.2, -0.15) is 0 Å². The van der Waals surface area contributed by atoms with Crippen molar-refractivity contribution in [1.29, 1.82) is 0 Å². The molecule has 0 saturated carbocycles. The van der Waals surface area contributed by atoms with Crippen molar-refractivity contribution >= 4 is 22.4 Å². The first-order valence-corrected chi connectivity index (χ1v) is 7.43. The van der Waals surface area contributed by atoms with Gasteiger partial charge in [-0.05, 0) is 25.1 Å². The highest BCUT2D eigenvalue weighted by Crippen LogP contribution is 2.28. The molecule has 2 heterocycles. The van der Waals surface area contributed by atoms with Gasteiger partial charge in [-0.15, -0.1) is 10.2 Å². The van der Waals surface area contributed by atoms with Crippen molar-refractivity contribution < 1.29 is 0 Å². The molecule has 0 saturated heterocycles. The van der Waals surface area contributed by atoms with Gasteiger partial charge in [-0.25, -0.2) is 0 Å². The summed E-state index contributed by atoms with van der Waals surface area (Å²) in [4.78, 5) is 8.72. The third kappa shape index (κ3) is 2.66. The molecule has 20 heavy (non-hydrogen) atoms. The van der Waals surface area contributed by atoms with E-state index >= 15 is 0 Å². The van der Waals surface area contributed by atoms with Gasteiger partial charge < -0.3 is 5.32 Å². The molecule has 3 rings (SSSR count). The average Bonchev–Trinajstić information content (AvgIpc) is 2.96. The molecule has 0 radical (unpaired) electrons. The summed E-state index contributed by atoms with van der Waals surface area (Å²) in [5.74, 6) is 0. The Labute approximate surface area is 121 Å². The van der Waals surface area contributed by atoms with E-state index in [0.717, 1.165) is 46.1 Å². The van der Waals surface area contributed by atoms with E-state index in [-0.39, 0.29) is 0 Å². The normalized spacial score (nSPS) is 11.1. The Balaban J connectivity index is 1.91. The summed E-state index contributed by atoms with van der Waals surface area (Å²) >= 11 is 1.60. The monoisotopic (exact) mass is 285 g/mol. The summed E-state index contributed by atoms with van der Waals surface area (Å²) in [5.41, 5.74) is 2.75. The lowest BCUT2D eigenvalue weighted by atomic mass is 10.2. The molecule has 0 unspecified atom stereocenters. The lowest BCUT2D eigenvalue weighted by molar-refractivity contribution is 0.668. The zero-order valence-electron chi connectivity index (χ0n) is 11.2. The predicted molar refractivity (Wildman–Crippen MR) is 80.4 cm³/mol. The second-order valence-electron chi connectivity index (χ2n) is 4.41. The molecular formula is C14H15N5S. The number of hydrogen-bond acceptors (Lipinski definition) is 6. The molecule has 102 valence electrons. The first-order chi connectivity index (χ1) is 9.88. The number of nitrogens with one attached hydrogen (secondary N) is 1. The first-order valence-electron chi connectivity index (χ1n) is 6.61. The van der Waals surface area contributed by atoms with Gasteiger partial charge in [0.05, 0.1) is 11.0 Å². The molecule has 0 atom stereocenters. The van der Waals surface area contributed by atoms with E-state index in [2.05, 4.69) is 32.4 Å². The molecular weight excluding hydrogens is 270 g/mol. The zero-order chi connectivity index (χ0) is 13.8. The van der Waals surface area contributed by atoms with Crippen molar-refractivity contribution in [3.63, 3.8) is 0 Å². The van der Waals surface area contributed by atoms with Crippen molar-refractivity contribution in [3.8, 4) is 10.6 Å². The van der Waals surface area contributed by atoms with Crippen molar-refractivity contribution in [2.45, 2.75) is 19.9 Å². The van der Waals surface area contributed by atoms with E-state index in [1.165, 1.54) is 0 Å². The fraction of sp³-hybridized carbons (Fsp3) is 0.286. The second-order valence-corrected chi connectivity index (χ2v) is 5.47. The smallest absolute Gasteiger partial charge is 0.150 e. The van der Waals surface area contributed by atoms with Gasteiger partial charge in [0.1, 0.15) is 10.0 Å². The maximum atomic E-state index is 4.40. The Morgan fingerprint density at radius 2 is 2.05 bits per heavy atom. The summed E-state index contributed by atoms with van der Waals surface area (Å²) in [6.45, 7) is 3.91. The molecule has 0 amide bonds. The fourth-order valence-corrected chi connectivity index (χ4v) is 2.81. The van der Waals surface area contributed by atoms with Crippen LogP contribution in [-0.2, 0) is 6.54 Å². The van der Waals surface area contributed by atoms with Crippen LogP contribution in [0, 0.1) is 0 Å². The molecule has 0 aliphatic heterocycles. The highest BCUT2D eigenvalue weighted by molar-refractivity contribution is 7.14. The number of aromatic nitrogens is 4. The van der Waals surface area contributed by atoms with Crippen molar-refractivity contribution in [3.05, 3.63) is 35.6 Å². The summed E-state index contributed by atoms with van der Waals surface area (Å²) < 4.78 is 0. The Bertz CT molecular complexity index is 704. The van der Waals surface area contributed by atoms with Crippen LogP contribution in [-0.4, -0.2) is 26.7 Å². The lowest BCUT2D eigenvalue weighted by Crippen LogP contribution is -2.13. The third-order valence-electron chi connectivity index (χ3n) is 2.90.